The van der Waals surface area contributed by atoms with Crippen molar-refractivity contribution in [1.29, 1.82) is 0 Å². The Balaban J connectivity index is 1.45. The summed E-state index contributed by atoms with van der Waals surface area (Å²) >= 11 is 0. The van der Waals surface area contributed by atoms with Gasteiger partial charge in [-0.25, -0.2) is 0 Å². The molecule has 0 saturated carbocycles. The number of hydrogen-bond acceptors (Lipinski definition) is 4. The third-order valence-corrected chi connectivity index (χ3v) is 4.54. The van der Waals surface area contributed by atoms with Crippen molar-refractivity contribution >= 4 is 23.2 Å². The van der Waals surface area contributed by atoms with Crippen LogP contribution < -0.4 is 16.0 Å². The number of anilines is 2. The van der Waals surface area contributed by atoms with E-state index in [1.165, 1.54) is 5.56 Å². The van der Waals surface area contributed by atoms with Gasteiger partial charge < -0.3 is 20.7 Å². The zero-order valence-corrected chi connectivity index (χ0v) is 13.7. The second-order valence-corrected chi connectivity index (χ2v) is 6.18. The summed E-state index contributed by atoms with van der Waals surface area (Å²) in [6.07, 6.45) is 0.769. The van der Waals surface area contributed by atoms with Crippen molar-refractivity contribution in [2.75, 3.05) is 30.3 Å². The number of nitrogens with one attached hydrogen (secondary N) is 3. The van der Waals surface area contributed by atoms with E-state index in [0.717, 1.165) is 17.7 Å². The molecular formula is C19H19N3O3. The van der Waals surface area contributed by atoms with Crippen LogP contribution in [0.15, 0.2) is 42.5 Å². The van der Waals surface area contributed by atoms with Gasteiger partial charge in [0.05, 0.1) is 24.5 Å². The van der Waals surface area contributed by atoms with Crippen LogP contribution in [0.1, 0.15) is 27.6 Å². The lowest BCUT2D eigenvalue weighted by atomic mass is 9.97. The average molecular weight is 337 g/mol. The molecule has 2 aromatic rings. The van der Waals surface area contributed by atoms with Crippen LogP contribution >= 0.6 is 0 Å². The van der Waals surface area contributed by atoms with Crippen LogP contribution in [0.2, 0.25) is 0 Å². The van der Waals surface area contributed by atoms with E-state index in [2.05, 4.69) is 22.0 Å². The molecule has 0 fully saturated rings. The first-order valence-electron chi connectivity index (χ1n) is 8.36. The fourth-order valence-electron chi connectivity index (χ4n) is 3.25. The van der Waals surface area contributed by atoms with Gasteiger partial charge >= 0.3 is 0 Å². The molecule has 1 unspecified atom stereocenters. The Hall–Kier alpha value is -2.86. The first-order chi connectivity index (χ1) is 12.2. The van der Waals surface area contributed by atoms with E-state index in [9.17, 15) is 9.59 Å². The highest BCUT2D eigenvalue weighted by Gasteiger charge is 2.22. The molecule has 6 nitrogen and oxygen atoms in total. The lowest BCUT2D eigenvalue weighted by Crippen LogP contribution is -2.32. The third-order valence-electron chi connectivity index (χ3n) is 4.54. The van der Waals surface area contributed by atoms with Gasteiger partial charge in [-0.15, -0.1) is 0 Å². The van der Waals surface area contributed by atoms with Crippen molar-refractivity contribution in [3.63, 3.8) is 0 Å². The molecule has 0 aliphatic carbocycles. The van der Waals surface area contributed by atoms with Crippen molar-refractivity contribution in [3.8, 4) is 0 Å². The Labute approximate surface area is 145 Å². The molecule has 2 aliphatic heterocycles. The topological polar surface area (TPSA) is 79.5 Å². The first kappa shape index (κ1) is 15.7. The number of carbonyl (C=O) groups is 2. The number of ether oxygens (including phenoxy) is 1. The Morgan fingerprint density at radius 2 is 2.08 bits per heavy atom. The number of carbonyl (C=O) groups excluding carboxylic acids is 2. The molecule has 4 rings (SSSR count). The van der Waals surface area contributed by atoms with Crippen molar-refractivity contribution in [2.45, 2.75) is 12.5 Å². The Kier molecular flexibility index (Phi) is 4.11. The van der Waals surface area contributed by atoms with Crippen LogP contribution in [0.5, 0.6) is 0 Å². The standard InChI is InChI=1S/C19H19N3O3/c23-18-11-20-15-6-5-13(9-16(15)22-18)19(24)21-10-17-14-4-2-1-3-12(14)7-8-25-17/h1-6,9,17,20H,7-8,10-11H2,(H,21,24)(H,22,23). The molecule has 0 spiro atoms. The molecule has 0 radical (unpaired) electrons. The molecular weight excluding hydrogens is 318 g/mol. The van der Waals surface area contributed by atoms with Gasteiger partial charge in [0.1, 0.15) is 6.10 Å². The van der Waals surface area contributed by atoms with E-state index >= 15 is 0 Å². The summed E-state index contributed by atoms with van der Waals surface area (Å²) in [5, 5.41) is 8.71. The number of hydrogen-bond donors (Lipinski definition) is 3. The lowest BCUT2D eigenvalue weighted by Gasteiger charge is -2.26. The summed E-state index contributed by atoms with van der Waals surface area (Å²) < 4.78 is 5.81. The minimum atomic E-state index is -0.186. The van der Waals surface area contributed by atoms with Gasteiger partial charge in [-0.1, -0.05) is 24.3 Å². The van der Waals surface area contributed by atoms with Gasteiger partial charge in [-0.05, 0) is 35.7 Å². The summed E-state index contributed by atoms with van der Waals surface area (Å²) in [5.41, 5.74) is 4.36. The van der Waals surface area contributed by atoms with Crippen molar-refractivity contribution < 1.29 is 14.3 Å². The van der Waals surface area contributed by atoms with Gasteiger partial charge in [-0.2, -0.15) is 0 Å². The largest absolute Gasteiger partial charge is 0.374 e. The maximum atomic E-state index is 12.5. The summed E-state index contributed by atoms with van der Waals surface area (Å²) in [4.78, 5) is 23.9. The molecule has 2 heterocycles. The van der Waals surface area contributed by atoms with Crippen molar-refractivity contribution in [3.05, 3.63) is 59.2 Å². The van der Waals surface area contributed by atoms with Gasteiger partial charge in [0.2, 0.25) is 5.91 Å². The lowest BCUT2D eigenvalue weighted by molar-refractivity contribution is -0.114. The number of fused-ring (bicyclic) bond motifs is 2. The summed E-state index contributed by atoms with van der Waals surface area (Å²) in [6, 6.07) is 13.4. The van der Waals surface area contributed by atoms with Gasteiger partial charge in [0.15, 0.2) is 0 Å². The third kappa shape index (κ3) is 3.21. The minimum Gasteiger partial charge on any atom is -0.374 e. The molecule has 2 amide bonds. The van der Waals surface area contributed by atoms with E-state index in [0.29, 0.717) is 24.4 Å². The second kappa shape index (κ2) is 6.57. The molecule has 2 aromatic carbocycles. The Morgan fingerprint density at radius 1 is 1.20 bits per heavy atom. The molecule has 128 valence electrons. The number of rotatable bonds is 3. The fourth-order valence-corrected chi connectivity index (χ4v) is 3.25. The minimum absolute atomic E-state index is 0.114. The highest BCUT2D eigenvalue weighted by molar-refractivity contribution is 6.03. The van der Waals surface area contributed by atoms with Crippen LogP contribution in [0.25, 0.3) is 0 Å². The van der Waals surface area contributed by atoms with E-state index in [4.69, 9.17) is 4.74 Å². The maximum Gasteiger partial charge on any atom is 0.251 e. The van der Waals surface area contributed by atoms with Gasteiger partial charge in [0, 0.05) is 12.1 Å². The van der Waals surface area contributed by atoms with Crippen LogP contribution in [-0.4, -0.2) is 31.5 Å². The van der Waals surface area contributed by atoms with E-state index in [-0.39, 0.29) is 24.5 Å². The molecule has 3 N–H and O–H groups in total. The number of amides is 2. The smallest absolute Gasteiger partial charge is 0.251 e. The zero-order valence-electron chi connectivity index (χ0n) is 13.7. The zero-order chi connectivity index (χ0) is 17.2. The highest BCUT2D eigenvalue weighted by Crippen LogP contribution is 2.27. The average Bonchev–Trinajstić information content (AvgIpc) is 2.65. The summed E-state index contributed by atoms with van der Waals surface area (Å²) in [5.74, 6) is -0.299. The van der Waals surface area contributed by atoms with E-state index in [1.807, 2.05) is 18.2 Å². The molecule has 6 heteroatoms. The molecule has 0 bridgehead atoms. The molecule has 0 saturated heterocycles. The van der Waals surface area contributed by atoms with Crippen LogP contribution in [0.4, 0.5) is 11.4 Å². The normalized spacial score (nSPS) is 18.4. The molecule has 1 atom stereocenters. The van der Waals surface area contributed by atoms with Crippen LogP contribution in [0, 0.1) is 0 Å². The Bertz CT molecular complexity index is 834. The Morgan fingerprint density at radius 3 is 3.00 bits per heavy atom. The van der Waals surface area contributed by atoms with Crippen molar-refractivity contribution in [1.82, 2.24) is 5.32 Å². The second-order valence-electron chi connectivity index (χ2n) is 6.18. The molecule has 2 aliphatic rings. The fraction of sp³-hybridized carbons (Fsp3) is 0.263. The molecule has 25 heavy (non-hydrogen) atoms. The SMILES string of the molecule is O=C1CNc2ccc(C(=O)NCC3OCCc4ccccc43)cc2N1. The predicted octanol–water partition coefficient (Wildman–Crippen LogP) is 2.09. The summed E-state index contributed by atoms with van der Waals surface area (Å²) in [7, 11) is 0. The van der Waals surface area contributed by atoms with Gasteiger partial charge in [-0.3, -0.25) is 9.59 Å². The van der Waals surface area contributed by atoms with E-state index < -0.39 is 0 Å². The van der Waals surface area contributed by atoms with E-state index in [1.54, 1.807) is 18.2 Å². The number of benzene rings is 2. The van der Waals surface area contributed by atoms with Crippen LogP contribution in [0.3, 0.4) is 0 Å². The highest BCUT2D eigenvalue weighted by atomic mass is 16.5. The predicted molar refractivity (Wildman–Crippen MR) is 94.7 cm³/mol. The van der Waals surface area contributed by atoms with Gasteiger partial charge in [0.25, 0.3) is 5.91 Å². The molecule has 0 aromatic heterocycles. The van der Waals surface area contributed by atoms with Crippen molar-refractivity contribution in [2.24, 2.45) is 0 Å². The van der Waals surface area contributed by atoms with Crippen LogP contribution in [-0.2, 0) is 16.0 Å². The monoisotopic (exact) mass is 337 g/mol. The maximum absolute atomic E-state index is 12.5. The quantitative estimate of drug-likeness (QED) is 0.801. The first-order valence-corrected chi connectivity index (χ1v) is 8.36. The summed E-state index contributed by atoms with van der Waals surface area (Å²) in [6.45, 7) is 1.32.